The van der Waals surface area contributed by atoms with E-state index in [1.165, 1.54) is 0 Å². The molecule has 1 atom stereocenters. The Hall–Kier alpha value is -0.840. The summed E-state index contributed by atoms with van der Waals surface area (Å²) in [5.74, 6) is 0.376. The molecule has 1 amide bonds. The number of nitrogens with one attached hydrogen (secondary N) is 1. The molecule has 0 bridgehead atoms. The van der Waals surface area contributed by atoms with Gasteiger partial charge in [0.1, 0.15) is 0 Å². The average Bonchev–Trinajstić information content (AvgIpc) is 2.75. The molecule has 0 aromatic carbocycles. The summed E-state index contributed by atoms with van der Waals surface area (Å²) in [6, 6.07) is 1.89. The smallest absolute Gasteiger partial charge is 0.234 e. The van der Waals surface area contributed by atoms with Crippen LogP contribution in [0.4, 0.5) is 0 Å². The van der Waals surface area contributed by atoms with E-state index in [9.17, 15) is 4.79 Å². The summed E-state index contributed by atoms with van der Waals surface area (Å²) < 4.78 is 1.86. The van der Waals surface area contributed by atoms with E-state index >= 15 is 0 Å². The lowest BCUT2D eigenvalue weighted by atomic mass is 10.1. The van der Waals surface area contributed by atoms with E-state index < -0.39 is 0 Å². The minimum absolute atomic E-state index is 0.0652. The van der Waals surface area contributed by atoms with Crippen molar-refractivity contribution in [1.82, 2.24) is 15.1 Å². The summed E-state index contributed by atoms with van der Waals surface area (Å²) in [4.78, 5) is 11.5. The maximum absolute atomic E-state index is 11.6. The van der Waals surface area contributed by atoms with Gasteiger partial charge in [0.05, 0.1) is 4.83 Å². The zero-order valence-electron chi connectivity index (χ0n) is 9.69. The van der Waals surface area contributed by atoms with Crippen molar-refractivity contribution in [2.45, 2.75) is 31.6 Å². The van der Waals surface area contributed by atoms with Crippen LogP contribution in [0.3, 0.4) is 0 Å². The maximum atomic E-state index is 11.6. The summed E-state index contributed by atoms with van der Waals surface area (Å²) in [6.45, 7) is 5.56. The SMILES string of the molecule is CC(C)C(Br)C(=O)NCCCn1cccn1. The van der Waals surface area contributed by atoms with Crippen LogP contribution >= 0.6 is 15.9 Å². The minimum Gasteiger partial charge on any atom is -0.355 e. The molecule has 5 heteroatoms. The Morgan fingerprint density at radius 3 is 2.88 bits per heavy atom. The molecule has 0 radical (unpaired) electrons. The van der Waals surface area contributed by atoms with E-state index in [0.29, 0.717) is 12.5 Å². The predicted octanol–water partition coefficient (Wildman–Crippen LogP) is 1.81. The second kappa shape index (κ2) is 6.68. The number of hydrogen-bond donors (Lipinski definition) is 1. The van der Waals surface area contributed by atoms with Crippen LogP contribution in [0.25, 0.3) is 0 Å². The van der Waals surface area contributed by atoms with Gasteiger partial charge in [-0.25, -0.2) is 0 Å². The topological polar surface area (TPSA) is 46.9 Å². The number of halogens is 1. The van der Waals surface area contributed by atoms with Crippen molar-refractivity contribution < 1.29 is 4.79 Å². The first-order chi connectivity index (χ1) is 7.61. The van der Waals surface area contributed by atoms with Crippen molar-refractivity contribution in [2.75, 3.05) is 6.54 Å². The van der Waals surface area contributed by atoms with Crippen LogP contribution in [0.15, 0.2) is 18.5 Å². The Kier molecular flexibility index (Phi) is 5.52. The van der Waals surface area contributed by atoms with Gasteiger partial charge in [0.2, 0.25) is 5.91 Å². The largest absolute Gasteiger partial charge is 0.355 e. The third kappa shape index (κ3) is 4.35. The van der Waals surface area contributed by atoms with Gasteiger partial charge in [-0.15, -0.1) is 0 Å². The molecule has 1 heterocycles. The van der Waals surface area contributed by atoms with Crippen LogP contribution in [-0.4, -0.2) is 27.1 Å². The number of hydrogen-bond acceptors (Lipinski definition) is 2. The highest BCUT2D eigenvalue weighted by Gasteiger charge is 2.17. The number of amides is 1. The van der Waals surface area contributed by atoms with Gasteiger partial charge in [0.25, 0.3) is 0 Å². The van der Waals surface area contributed by atoms with Crippen molar-refractivity contribution >= 4 is 21.8 Å². The molecule has 1 unspecified atom stereocenters. The average molecular weight is 288 g/mol. The van der Waals surface area contributed by atoms with Gasteiger partial charge in [-0.1, -0.05) is 29.8 Å². The maximum Gasteiger partial charge on any atom is 0.234 e. The van der Waals surface area contributed by atoms with Crippen molar-refractivity contribution in [3.05, 3.63) is 18.5 Å². The van der Waals surface area contributed by atoms with Crippen molar-refractivity contribution in [2.24, 2.45) is 5.92 Å². The molecule has 16 heavy (non-hydrogen) atoms. The molecular weight excluding hydrogens is 270 g/mol. The van der Waals surface area contributed by atoms with Crippen molar-refractivity contribution in [3.63, 3.8) is 0 Å². The van der Waals surface area contributed by atoms with Gasteiger partial charge in [-0.3, -0.25) is 9.48 Å². The number of carbonyl (C=O) groups excluding carboxylic acids is 1. The highest BCUT2D eigenvalue weighted by molar-refractivity contribution is 9.10. The van der Waals surface area contributed by atoms with Gasteiger partial charge < -0.3 is 5.32 Å². The first kappa shape index (κ1) is 13.2. The Morgan fingerprint density at radius 2 is 2.31 bits per heavy atom. The van der Waals surface area contributed by atoms with Gasteiger partial charge in [0.15, 0.2) is 0 Å². The monoisotopic (exact) mass is 287 g/mol. The Balaban J connectivity index is 2.13. The van der Waals surface area contributed by atoms with Crippen LogP contribution in [0, 0.1) is 5.92 Å². The normalized spacial score (nSPS) is 12.8. The van der Waals surface area contributed by atoms with Crippen LogP contribution in [0.5, 0.6) is 0 Å². The number of alkyl halides is 1. The second-order valence-electron chi connectivity index (χ2n) is 4.06. The highest BCUT2D eigenvalue weighted by Crippen LogP contribution is 2.11. The number of aromatic nitrogens is 2. The molecule has 0 aliphatic heterocycles. The van der Waals surface area contributed by atoms with E-state index in [0.717, 1.165) is 13.0 Å². The number of carbonyl (C=O) groups is 1. The molecule has 1 N–H and O–H groups in total. The van der Waals surface area contributed by atoms with Crippen LogP contribution in [-0.2, 0) is 11.3 Å². The molecule has 90 valence electrons. The summed E-state index contributed by atoms with van der Waals surface area (Å²) in [7, 11) is 0. The quantitative estimate of drug-likeness (QED) is 0.641. The number of aryl methyl sites for hydroxylation is 1. The molecule has 1 aromatic rings. The summed E-state index contributed by atoms with van der Waals surface area (Å²) in [5, 5.41) is 6.99. The third-order valence-electron chi connectivity index (χ3n) is 2.26. The third-order valence-corrected chi connectivity index (χ3v) is 3.73. The minimum atomic E-state index is -0.0998. The molecule has 0 fully saturated rings. The van der Waals surface area contributed by atoms with Crippen molar-refractivity contribution in [3.8, 4) is 0 Å². The van der Waals surface area contributed by atoms with Gasteiger partial charge in [-0.2, -0.15) is 5.10 Å². The number of nitrogens with zero attached hydrogens (tertiary/aromatic N) is 2. The molecule has 0 saturated heterocycles. The van der Waals surface area contributed by atoms with E-state index in [4.69, 9.17) is 0 Å². The lowest BCUT2D eigenvalue weighted by Gasteiger charge is -2.13. The van der Waals surface area contributed by atoms with Crippen molar-refractivity contribution in [1.29, 1.82) is 0 Å². The number of rotatable bonds is 6. The van der Waals surface area contributed by atoms with Crippen LogP contribution < -0.4 is 5.32 Å². The molecule has 4 nitrogen and oxygen atoms in total. The lowest BCUT2D eigenvalue weighted by Crippen LogP contribution is -2.34. The molecule has 1 aromatic heterocycles. The zero-order valence-corrected chi connectivity index (χ0v) is 11.3. The standard InChI is InChI=1S/C11H18BrN3O/c1-9(2)10(12)11(16)13-5-3-7-15-8-4-6-14-15/h4,6,8-10H,3,5,7H2,1-2H3,(H,13,16). The molecule has 0 spiro atoms. The second-order valence-corrected chi connectivity index (χ2v) is 5.05. The summed E-state index contributed by atoms with van der Waals surface area (Å²) in [6.07, 6.45) is 4.57. The van der Waals surface area contributed by atoms with E-state index in [1.54, 1.807) is 6.20 Å². The van der Waals surface area contributed by atoms with E-state index in [2.05, 4.69) is 26.3 Å². The predicted molar refractivity (Wildman–Crippen MR) is 67.4 cm³/mol. The highest BCUT2D eigenvalue weighted by atomic mass is 79.9. The first-order valence-electron chi connectivity index (χ1n) is 5.50. The molecule has 0 aliphatic rings. The fourth-order valence-corrected chi connectivity index (χ4v) is 1.45. The molecular formula is C11H18BrN3O. The van der Waals surface area contributed by atoms with Crippen LogP contribution in [0.1, 0.15) is 20.3 Å². The van der Waals surface area contributed by atoms with E-state index in [1.807, 2.05) is 30.8 Å². The Labute approximate surface area is 105 Å². The first-order valence-corrected chi connectivity index (χ1v) is 6.42. The van der Waals surface area contributed by atoms with Crippen LogP contribution in [0.2, 0.25) is 0 Å². The van der Waals surface area contributed by atoms with Gasteiger partial charge in [-0.05, 0) is 18.4 Å². The van der Waals surface area contributed by atoms with E-state index in [-0.39, 0.29) is 10.7 Å². The molecule has 0 saturated carbocycles. The Morgan fingerprint density at radius 1 is 1.56 bits per heavy atom. The molecule has 0 aliphatic carbocycles. The Bertz CT molecular complexity index is 311. The molecule has 1 rings (SSSR count). The van der Waals surface area contributed by atoms with Gasteiger partial charge >= 0.3 is 0 Å². The lowest BCUT2D eigenvalue weighted by molar-refractivity contribution is -0.121. The summed E-state index contributed by atoms with van der Waals surface area (Å²) in [5.41, 5.74) is 0. The fourth-order valence-electron chi connectivity index (χ4n) is 1.29. The van der Waals surface area contributed by atoms with Gasteiger partial charge in [0, 0.05) is 25.5 Å². The zero-order chi connectivity index (χ0) is 12.0. The summed E-state index contributed by atoms with van der Waals surface area (Å²) >= 11 is 3.37. The fraction of sp³-hybridized carbons (Fsp3) is 0.636.